The molecule has 0 radical (unpaired) electrons. The summed E-state index contributed by atoms with van der Waals surface area (Å²) < 4.78 is 4.59. The Balaban J connectivity index is 2.51. The van der Waals surface area contributed by atoms with Gasteiger partial charge >= 0.3 is 5.97 Å². The summed E-state index contributed by atoms with van der Waals surface area (Å²) in [6, 6.07) is -0.0741. The first-order valence-corrected chi connectivity index (χ1v) is 4.66. The van der Waals surface area contributed by atoms with E-state index < -0.39 is 0 Å². The summed E-state index contributed by atoms with van der Waals surface area (Å²) in [6.45, 7) is 6.51. The molecule has 0 heterocycles. The first-order chi connectivity index (χ1) is 5.83. The molecule has 13 heavy (non-hydrogen) atoms. The van der Waals surface area contributed by atoms with Gasteiger partial charge in [0, 0.05) is 6.04 Å². The molecule has 0 spiro atoms. The van der Waals surface area contributed by atoms with E-state index in [0.29, 0.717) is 6.42 Å². The molecule has 2 unspecified atom stereocenters. The predicted molar refractivity (Wildman–Crippen MR) is 51.1 cm³/mol. The summed E-state index contributed by atoms with van der Waals surface area (Å²) in [7, 11) is 1.40. The van der Waals surface area contributed by atoms with Crippen molar-refractivity contribution >= 4 is 5.97 Å². The van der Waals surface area contributed by atoms with Gasteiger partial charge in [0.25, 0.3) is 0 Å². The molecule has 0 bridgehead atoms. The number of carbonyl (C=O) groups is 1. The van der Waals surface area contributed by atoms with Crippen LogP contribution in [0.25, 0.3) is 0 Å². The SMILES string of the molecule is COC(=O)CC(N)C1(C)CC1(C)C. The molecule has 1 fully saturated rings. The first kappa shape index (κ1) is 10.5. The molecule has 2 atom stereocenters. The summed E-state index contributed by atoms with van der Waals surface area (Å²) in [5.41, 5.74) is 6.36. The van der Waals surface area contributed by atoms with Crippen LogP contribution in [0.4, 0.5) is 0 Å². The molecule has 0 aromatic carbocycles. The second-order valence-corrected chi connectivity index (χ2v) is 4.86. The minimum absolute atomic E-state index is 0.0741. The molecule has 0 aliphatic heterocycles. The van der Waals surface area contributed by atoms with Crippen molar-refractivity contribution in [1.82, 2.24) is 0 Å². The quantitative estimate of drug-likeness (QED) is 0.674. The standard InChI is InChI=1S/C10H19NO2/c1-9(2)6-10(9,3)7(11)5-8(12)13-4/h7H,5-6,11H2,1-4H3. The Morgan fingerprint density at radius 1 is 1.54 bits per heavy atom. The van der Waals surface area contributed by atoms with Gasteiger partial charge in [-0.2, -0.15) is 0 Å². The van der Waals surface area contributed by atoms with Gasteiger partial charge in [-0.25, -0.2) is 0 Å². The van der Waals surface area contributed by atoms with E-state index in [1.54, 1.807) is 0 Å². The number of ether oxygens (including phenoxy) is 1. The zero-order chi connectivity index (χ0) is 10.3. The molecule has 2 N–H and O–H groups in total. The van der Waals surface area contributed by atoms with Crippen LogP contribution in [0, 0.1) is 10.8 Å². The summed E-state index contributed by atoms with van der Waals surface area (Å²) in [4.78, 5) is 11.0. The summed E-state index contributed by atoms with van der Waals surface area (Å²) in [5, 5.41) is 0. The van der Waals surface area contributed by atoms with Gasteiger partial charge in [0.15, 0.2) is 0 Å². The Labute approximate surface area is 79.6 Å². The van der Waals surface area contributed by atoms with E-state index >= 15 is 0 Å². The van der Waals surface area contributed by atoms with E-state index in [0.717, 1.165) is 6.42 Å². The summed E-state index contributed by atoms with van der Waals surface area (Å²) in [6.07, 6.45) is 1.43. The lowest BCUT2D eigenvalue weighted by molar-refractivity contribution is -0.141. The zero-order valence-electron chi connectivity index (χ0n) is 8.89. The van der Waals surface area contributed by atoms with E-state index in [-0.39, 0.29) is 22.8 Å². The second kappa shape index (κ2) is 2.98. The van der Waals surface area contributed by atoms with E-state index in [1.807, 2.05) is 0 Å². The summed E-state index contributed by atoms with van der Waals surface area (Å²) >= 11 is 0. The Kier molecular flexibility index (Phi) is 2.41. The highest BCUT2D eigenvalue weighted by Gasteiger charge is 2.60. The first-order valence-electron chi connectivity index (χ1n) is 4.66. The van der Waals surface area contributed by atoms with E-state index in [1.165, 1.54) is 7.11 Å². The highest BCUT2D eigenvalue weighted by molar-refractivity contribution is 5.70. The molecule has 1 aliphatic carbocycles. The average molecular weight is 185 g/mol. The van der Waals surface area contributed by atoms with Crippen LogP contribution >= 0.6 is 0 Å². The predicted octanol–water partition coefficient (Wildman–Crippen LogP) is 1.31. The molecule has 0 aromatic heterocycles. The molecular weight excluding hydrogens is 166 g/mol. The minimum Gasteiger partial charge on any atom is -0.469 e. The number of hydrogen-bond donors (Lipinski definition) is 1. The van der Waals surface area contributed by atoms with Crippen molar-refractivity contribution in [2.24, 2.45) is 16.6 Å². The lowest BCUT2D eigenvalue weighted by Crippen LogP contribution is -2.35. The largest absolute Gasteiger partial charge is 0.469 e. The fourth-order valence-electron chi connectivity index (χ4n) is 2.00. The second-order valence-electron chi connectivity index (χ2n) is 4.86. The minimum atomic E-state index is -0.212. The smallest absolute Gasteiger partial charge is 0.307 e. The Bertz CT molecular complexity index is 225. The molecule has 3 nitrogen and oxygen atoms in total. The fraction of sp³-hybridized carbons (Fsp3) is 0.900. The van der Waals surface area contributed by atoms with Crippen LogP contribution in [-0.4, -0.2) is 19.1 Å². The molecule has 0 amide bonds. The Morgan fingerprint density at radius 3 is 2.31 bits per heavy atom. The number of nitrogens with two attached hydrogens (primary N) is 1. The molecule has 0 aromatic rings. The normalized spacial score (nSPS) is 32.4. The third kappa shape index (κ3) is 1.70. The van der Waals surface area contributed by atoms with Crippen LogP contribution in [0.5, 0.6) is 0 Å². The molecule has 1 aliphatic rings. The van der Waals surface area contributed by atoms with Gasteiger partial charge in [-0.15, -0.1) is 0 Å². The Morgan fingerprint density at radius 2 is 2.00 bits per heavy atom. The lowest BCUT2D eigenvalue weighted by atomic mass is 9.88. The molecular formula is C10H19NO2. The van der Waals surface area contributed by atoms with Crippen LogP contribution in [0.1, 0.15) is 33.6 Å². The number of rotatable bonds is 3. The maximum Gasteiger partial charge on any atom is 0.307 e. The van der Waals surface area contributed by atoms with Crippen molar-refractivity contribution in [3.8, 4) is 0 Å². The van der Waals surface area contributed by atoms with Crippen molar-refractivity contribution in [1.29, 1.82) is 0 Å². The third-order valence-electron chi connectivity index (χ3n) is 3.66. The van der Waals surface area contributed by atoms with Gasteiger partial charge in [-0.1, -0.05) is 20.8 Å². The molecule has 0 saturated heterocycles. The summed E-state index contributed by atoms with van der Waals surface area (Å²) in [5.74, 6) is -0.212. The maximum atomic E-state index is 11.0. The monoisotopic (exact) mass is 185 g/mol. The van der Waals surface area contributed by atoms with E-state index in [9.17, 15) is 4.79 Å². The highest BCUT2D eigenvalue weighted by atomic mass is 16.5. The molecule has 3 heteroatoms. The van der Waals surface area contributed by atoms with Gasteiger partial charge in [0.1, 0.15) is 0 Å². The molecule has 76 valence electrons. The Hall–Kier alpha value is -0.570. The fourth-order valence-corrected chi connectivity index (χ4v) is 2.00. The third-order valence-corrected chi connectivity index (χ3v) is 3.66. The van der Waals surface area contributed by atoms with Crippen molar-refractivity contribution in [2.45, 2.75) is 39.7 Å². The molecule has 1 saturated carbocycles. The van der Waals surface area contributed by atoms with Gasteiger partial charge in [-0.3, -0.25) is 4.79 Å². The van der Waals surface area contributed by atoms with Gasteiger partial charge < -0.3 is 10.5 Å². The lowest BCUT2D eigenvalue weighted by Gasteiger charge is -2.22. The average Bonchev–Trinajstić information content (AvgIpc) is 2.52. The topological polar surface area (TPSA) is 52.3 Å². The number of methoxy groups -OCH3 is 1. The number of carbonyl (C=O) groups excluding carboxylic acids is 1. The van der Waals surface area contributed by atoms with Gasteiger partial charge in [0.2, 0.25) is 0 Å². The molecule has 1 rings (SSSR count). The van der Waals surface area contributed by atoms with Crippen molar-refractivity contribution in [3.05, 3.63) is 0 Å². The van der Waals surface area contributed by atoms with Crippen LogP contribution in [0.15, 0.2) is 0 Å². The van der Waals surface area contributed by atoms with E-state index in [2.05, 4.69) is 25.5 Å². The van der Waals surface area contributed by atoms with Crippen molar-refractivity contribution in [2.75, 3.05) is 7.11 Å². The van der Waals surface area contributed by atoms with Crippen molar-refractivity contribution < 1.29 is 9.53 Å². The maximum absolute atomic E-state index is 11.0. The van der Waals surface area contributed by atoms with Crippen molar-refractivity contribution in [3.63, 3.8) is 0 Å². The van der Waals surface area contributed by atoms with Gasteiger partial charge in [0.05, 0.1) is 13.5 Å². The number of esters is 1. The van der Waals surface area contributed by atoms with Gasteiger partial charge in [-0.05, 0) is 17.3 Å². The zero-order valence-corrected chi connectivity index (χ0v) is 8.89. The van der Waals surface area contributed by atoms with E-state index in [4.69, 9.17) is 5.73 Å². The van der Waals surface area contributed by atoms with Crippen LogP contribution < -0.4 is 5.73 Å². The van der Waals surface area contributed by atoms with Crippen LogP contribution in [0.2, 0.25) is 0 Å². The van der Waals surface area contributed by atoms with Crippen LogP contribution in [-0.2, 0) is 9.53 Å². The van der Waals surface area contributed by atoms with Crippen LogP contribution in [0.3, 0.4) is 0 Å². The number of hydrogen-bond acceptors (Lipinski definition) is 3. The highest BCUT2D eigenvalue weighted by Crippen LogP contribution is 2.65.